The number of hydrogen-bond donors (Lipinski definition) is 0. The largest absolute Gasteiger partial charge is 0.480 e. The van der Waals surface area contributed by atoms with Crippen molar-refractivity contribution in [3.05, 3.63) is 42.5 Å². The third-order valence-electron chi connectivity index (χ3n) is 4.48. The standard InChI is InChI=1S/C19H24N2O2/c1-3-17(19(22)21-13-11-20(2)12-14-21)23-18-10-6-8-15-7-4-5-9-16(15)18/h4-10,17H,3,11-14H2,1-2H3/t17-/m1/s1. The van der Waals surface area contributed by atoms with Gasteiger partial charge in [-0.15, -0.1) is 0 Å². The van der Waals surface area contributed by atoms with Crippen molar-refractivity contribution in [2.45, 2.75) is 19.4 Å². The Morgan fingerprint density at radius 2 is 1.78 bits per heavy atom. The Hall–Kier alpha value is -2.07. The number of rotatable bonds is 4. The number of piperazine rings is 1. The Balaban J connectivity index is 1.77. The Labute approximate surface area is 137 Å². The first kappa shape index (κ1) is 15.8. The molecule has 0 aromatic heterocycles. The first-order valence-corrected chi connectivity index (χ1v) is 8.31. The predicted molar refractivity (Wildman–Crippen MR) is 92.7 cm³/mol. The van der Waals surface area contributed by atoms with Crippen molar-refractivity contribution in [3.8, 4) is 5.75 Å². The topological polar surface area (TPSA) is 32.8 Å². The molecular weight excluding hydrogens is 288 g/mol. The van der Waals surface area contributed by atoms with Crippen molar-refractivity contribution >= 4 is 16.7 Å². The van der Waals surface area contributed by atoms with Gasteiger partial charge in [0.2, 0.25) is 0 Å². The molecule has 1 saturated heterocycles. The van der Waals surface area contributed by atoms with Gasteiger partial charge in [0.15, 0.2) is 6.10 Å². The summed E-state index contributed by atoms with van der Waals surface area (Å²) in [6.07, 6.45) is 0.262. The van der Waals surface area contributed by atoms with Crippen LogP contribution in [0.15, 0.2) is 42.5 Å². The average Bonchev–Trinajstić information content (AvgIpc) is 2.60. The molecule has 2 aromatic rings. The van der Waals surface area contributed by atoms with Crippen molar-refractivity contribution in [3.63, 3.8) is 0 Å². The quantitative estimate of drug-likeness (QED) is 0.870. The molecule has 1 aliphatic heterocycles. The Morgan fingerprint density at radius 1 is 1.09 bits per heavy atom. The average molecular weight is 312 g/mol. The minimum atomic E-state index is -0.413. The van der Waals surface area contributed by atoms with E-state index >= 15 is 0 Å². The van der Waals surface area contributed by atoms with Gasteiger partial charge >= 0.3 is 0 Å². The minimum absolute atomic E-state index is 0.105. The molecule has 2 aromatic carbocycles. The number of nitrogens with zero attached hydrogens (tertiary/aromatic N) is 2. The first-order valence-electron chi connectivity index (χ1n) is 8.31. The van der Waals surface area contributed by atoms with Crippen LogP contribution in [0.1, 0.15) is 13.3 Å². The van der Waals surface area contributed by atoms with Gasteiger partial charge in [0.05, 0.1) is 0 Å². The SMILES string of the molecule is CC[C@@H](Oc1cccc2ccccc12)C(=O)N1CCN(C)CC1. The van der Waals surface area contributed by atoms with Crippen molar-refractivity contribution in [2.75, 3.05) is 33.2 Å². The van der Waals surface area contributed by atoms with Gasteiger partial charge in [-0.2, -0.15) is 0 Å². The van der Waals surface area contributed by atoms with Crippen LogP contribution in [-0.4, -0.2) is 55.0 Å². The molecule has 1 aliphatic rings. The van der Waals surface area contributed by atoms with Crippen LogP contribution in [0, 0.1) is 0 Å². The molecule has 0 saturated carbocycles. The maximum atomic E-state index is 12.8. The van der Waals surface area contributed by atoms with E-state index in [1.165, 1.54) is 0 Å². The number of fused-ring (bicyclic) bond motifs is 1. The van der Waals surface area contributed by atoms with Crippen LogP contribution in [0.2, 0.25) is 0 Å². The van der Waals surface area contributed by atoms with E-state index in [0.29, 0.717) is 6.42 Å². The summed E-state index contributed by atoms with van der Waals surface area (Å²) < 4.78 is 6.11. The molecule has 0 bridgehead atoms. The normalized spacial score (nSPS) is 17.2. The van der Waals surface area contributed by atoms with Crippen molar-refractivity contribution in [1.29, 1.82) is 0 Å². The molecule has 23 heavy (non-hydrogen) atoms. The number of carbonyl (C=O) groups is 1. The molecule has 0 unspecified atom stereocenters. The number of carbonyl (C=O) groups excluding carboxylic acids is 1. The van der Waals surface area contributed by atoms with Crippen LogP contribution >= 0.6 is 0 Å². The Bertz CT molecular complexity index is 673. The van der Waals surface area contributed by atoms with E-state index in [1.807, 2.05) is 42.2 Å². The van der Waals surface area contributed by atoms with E-state index < -0.39 is 6.10 Å². The van der Waals surface area contributed by atoms with Crippen LogP contribution in [-0.2, 0) is 4.79 Å². The predicted octanol–water partition coefficient (Wildman–Crippen LogP) is 2.77. The molecule has 1 fully saturated rings. The van der Waals surface area contributed by atoms with Gasteiger partial charge in [0.25, 0.3) is 5.91 Å². The lowest BCUT2D eigenvalue weighted by Crippen LogP contribution is -2.51. The van der Waals surface area contributed by atoms with Crippen LogP contribution in [0.4, 0.5) is 0 Å². The third kappa shape index (κ3) is 3.48. The van der Waals surface area contributed by atoms with Gasteiger partial charge < -0.3 is 14.5 Å². The highest BCUT2D eigenvalue weighted by Crippen LogP contribution is 2.27. The third-order valence-corrected chi connectivity index (χ3v) is 4.48. The molecule has 0 spiro atoms. The van der Waals surface area contributed by atoms with Crippen molar-refractivity contribution < 1.29 is 9.53 Å². The zero-order valence-corrected chi connectivity index (χ0v) is 13.9. The van der Waals surface area contributed by atoms with Gasteiger partial charge in [-0.05, 0) is 24.9 Å². The molecule has 1 heterocycles. The first-order chi connectivity index (χ1) is 11.2. The molecule has 1 atom stereocenters. The molecule has 3 rings (SSSR count). The molecular formula is C19H24N2O2. The molecule has 4 heteroatoms. The van der Waals surface area contributed by atoms with Gasteiger partial charge in [0, 0.05) is 31.6 Å². The summed E-state index contributed by atoms with van der Waals surface area (Å²) in [6.45, 7) is 5.42. The second kappa shape index (κ2) is 7.01. The summed E-state index contributed by atoms with van der Waals surface area (Å²) in [4.78, 5) is 16.9. The smallest absolute Gasteiger partial charge is 0.263 e. The Kier molecular flexibility index (Phi) is 4.82. The van der Waals surface area contributed by atoms with E-state index in [4.69, 9.17) is 4.74 Å². The highest BCUT2D eigenvalue weighted by atomic mass is 16.5. The minimum Gasteiger partial charge on any atom is -0.480 e. The van der Waals surface area contributed by atoms with E-state index in [0.717, 1.165) is 42.7 Å². The maximum Gasteiger partial charge on any atom is 0.263 e. The number of ether oxygens (including phenoxy) is 1. The number of benzene rings is 2. The maximum absolute atomic E-state index is 12.8. The lowest BCUT2D eigenvalue weighted by atomic mass is 10.1. The number of hydrogen-bond acceptors (Lipinski definition) is 3. The summed E-state index contributed by atoms with van der Waals surface area (Å²) in [5.41, 5.74) is 0. The fourth-order valence-corrected chi connectivity index (χ4v) is 2.99. The zero-order valence-electron chi connectivity index (χ0n) is 13.9. The van der Waals surface area contributed by atoms with E-state index in [2.05, 4.69) is 24.1 Å². The van der Waals surface area contributed by atoms with Crippen molar-refractivity contribution in [2.24, 2.45) is 0 Å². The number of likely N-dealkylation sites (N-methyl/N-ethyl adjacent to an activating group) is 1. The molecule has 122 valence electrons. The summed E-state index contributed by atoms with van der Waals surface area (Å²) >= 11 is 0. The van der Waals surface area contributed by atoms with Gasteiger partial charge in [-0.3, -0.25) is 4.79 Å². The van der Waals surface area contributed by atoms with E-state index in [1.54, 1.807) is 0 Å². The molecule has 1 amide bonds. The van der Waals surface area contributed by atoms with Crippen LogP contribution < -0.4 is 4.74 Å². The van der Waals surface area contributed by atoms with Gasteiger partial charge in [0.1, 0.15) is 5.75 Å². The van der Waals surface area contributed by atoms with Crippen molar-refractivity contribution in [1.82, 2.24) is 9.80 Å². The number of amides is 1. The second-order valence-corrected chi connectivity index (χ2v) is 6.12. The molecule has 0 radical (unpaired) electrons. The summed E-state index contributed by atoms with van der Waals surface area (Å²) in [6, 6.07) is 14.1. The van der Waals surface area contributed by atoms with E-state index in [-0.39, 0.29) is 5.91 Å². The summed E-state index contributed by atoms with van der Waals surface area (Å²) in [5, 5.41) is 2.19. The lowest BCUT2D eigenvalue weighted by Gasteiger charge is -2.34. The second-order valence-electron chi connectivity index (χ2n) is 6.12. The highest BCUT2D eigenvalue weighted by Gasteiger charge is 2.27. The van der Waals surface area contributed by atoms with Crippen LogP contribution in [0.25, 0.3) is 10.8 Å². The summed E-state index contributed by atoms with van der Waals surface area (Å²) in [5.74, 6) is 0.894. The van der Waals surface area contributed by atoms with Crippen LogP contribution in [0.3, 0.4) is 0 Å². The van der Waals surface area contributed by atoms with Gasteiger partial charge in [-0.1, -0.05) is 43.3 Å². The zero-order chi connectivity index (χ0) is 16.2. The fourth-order valence-electron chi connectivity index (χ4n) is 2.99. The lowest BCUT2D eigenvalue weighted by molar-refractivity contribution is -0.140. The monoisotopic (exact) mass is 312 g/mol. The molecule has 0 N–H and O–H groups in total. The Morgan fingerprint density at radius 3 is 2.52 bits per heavy atom. The van der Waals surface area contributed by atoms with E-state index in [9.17, 15) is 4.79 Å². The fraction of sp³-hybridized carbons (Fsp3) is 0.421. The van der Waals surface area contributed by atoms with Crippen LogP contribution in [0.5, 0.6) is 5.75 Å². The highest BCUT2D eigenvalue weighted by molar-refractivity contribution is 5.89. The summed E-state index contributed by atoms with van der Waals surface area (Å²) in [7, 11) is 2.09. The van der Waals surface area contributed by atoms with Gasteiger partial charge in [-0.25, -0.2) is 0 Å². The molecule has 0 aliphatic carbocycles. The molecule has 4 nitrogen and oxygen atoms in total.